The van der Waals surface area contributed by atoms with E-state index in [1.54, 1.807) is 0 Å². The van der Waals surface area contributed by atoms with Gasteiger partial charge >= 0.3 is 0 Å². The largest absolute Gasteiger partial charge is 0.263 e. The van der Waals surface area contributed by atoms with E-state index in [2.05, 4.69) is 22.1 Å². The maximum absolute atomic E-state index is 6.03. The highest BCUT2D eigenvalue weighted by Crippen LogP contribution is 2.41. The predicted octanol–water partition coefficient (Wildman–Crippen LogP) is 4.44. The first-order valence-electron chi connectivity index (χ1n) is 6.03. The minimum atomic E-state index is 0.735. The van der Waals surface area contributed by atoms with Gasteiger partial charge in [0.1, 0.15) is 0 Å². The molecular formula is C16H9ClN2. The van der Waals surface area contributed by atoms with E-state index in [0.29, 0.717) is 0 Å². The fourth-order valence-electron chi connectivity index (χ4n) is 2.27. The Hall–Kier alpha value is -2.19. The molecule has 0 atom stereocenters. The van der Waals surface area contributed by atoms with Crippen molar-refractivity contribution in [1.82, 2.24) is 9.97 Å². The van der Waals surface area contributed by atoms with Crippen LogP contribution in [-0.4, -0.2) is 9.97 Å². The fourth-order valence-corrected chi connectivity index (χ4v) is 2.46. The molecule has 0 unspecified atom stereocenters. The second-order valence-corrected chi connectivity index (χ2v) is 5.02. The summed E-state index contributed by atoms with van der Waals surface area (Å²) in [6.07, 6.45) is 5.63. The second kappa shape index (κ2) is 3.90. The Kier molecular flexibility index (Phi) is 2.20. The minimum Gasteiger partial charge on any atom is -0.263 e. The lowest BCUT2D eigenvalue weighted by Gasteiger charge is -2.04. The first-order chi connectivity index (χ1) is 9.31. The number of rotatable bonds is 2. The number of pyridine rings is 2. The van der Waals surface area contributed by atoms with Crippen LogP contribution in [0.15, 0.2) is 55.0 Å². The van der Waals surface area contributed by atoms with Crippen LogP contribution in [0.2, 0.25) is 5.02 Å². The van der Waals surface area contributed by atoms with Gasteiger partial charge in [0, 0.05) is 45.9 Å². The van der Waals surface area contributed by atoms with Gasteiger partial charge in [-0.05, 0) is 29.8 Å². The third-order valence-corrected chi connectivity index (χ3v) is 3.54. The molecule has 2 nitrogen and oxygen atoms in total. The highest BCUT2D eigenvalue weighted by atomic mass is 35.5. The van der Waals surface area contributed by atoms with Crippen molar-refractivity contribution in [1.29, 1.82) is 0 Å². The quantitative estimate of drug-likeness (QED) is 0.535. The van der Waals surface area contributed by atoms with Crippen LogP contribution >= 0.6 is 11.6 Å². The van der Waals surface area contributed by atoms with Gasteiger partial charge in [0.05, 0.1) is 5.69 Å². The van der Waals surface area contributed by atoms with E-state index in [0.717, 1.165) is 33.0 Å². The number of halogens is 1. The van der Waals surface area contributed by atoms with Crippen molar-refractivity contribution >= 4 is 11.6 Å². The van der Waals surface area contributed by atoms with Crippen LogP contribution in [0.4, 0.5) is 0 Å². The molecule has 0 amide bonds. The van der Waals surface area contributed by atoms with Gasteiger partial charge in [-0.25, -0.2) is 0 Å². The van der Waals surface area contributed by atoms with Crippen molar-refractivity contribution in [3.63, 3.8) is 0 Å². The van der Waals surface area contributed by atoms with Gasteiger partial charge in [-0.2, -0.15) is 0 Å². The lowest BCUT2D eigenvalue weighted by atomic mass is 10.0. The maximum atomic E-state index is 6.03. The molecule has 0 radical (unpaired) electrons. The molecule has 4 rings (SSSR count). The zero-order valence-corrected chi connectivity index (χ0v) is 10.7. The van der Waals surface area contributed by atoms with E-state index in [9.17, 15) is 0 Å². The summed E-state index contributed by atoms with van der Waals surface area (Å²) in [6.45, 7) is 0. The molecule has 0 saturated carbocycles. The van der Waals surface area contributed by atoms with Gasteiger partial charge < -0.3 is 0 Å². The SMILES string of the molecule is Clc1cccc(-c2cncc(-c3cnc4cc3-4)c2)c1. The molecule has 2 heterocycles. The van der Waals surface area contributed by atoms with Gasteiger partial charge in [-0.3, -0.25) is 9.97 Å². The number of hydrogen-bond donors (Lipinski definition) is 0. The van der Waals surface area contributed by atoms with Crippen LogP contribution in [-0.2, 0) is 0 Å². The Labute approximate surface area is 115 Å². The van der Waals surface area contributed by atoms with Crippen molar-refractivity contribution < 1.29 is 0 Å². The molecule has 0 bridgehead atoms. The van der Waals surface area contributed by atoms with Crippen LogP contribution in [0.1, 0.15) is 0 Å². The molecule has 1 aliphatic carbocycles. The smallest absolute Gasteiger partial charge is 0.0716 e. The molecule has 1 aliphatic heterocycles. The number of aromatic nitrogens is 2. The number of nitrogens with zero attached hydrogens (tertiary/aromatic N) is 2. The summed E-state index contributed by atoms with van der Waals surface area (Å²) in [5, 5.41) is 0.735. The minimum absolute atomic E-state index is 0.735. The standard InChI is InChI=1S/C16H9ClN2/c17-13-3-1-2-10(5-13)11-4-12(8-18-7-11)15-9-19-16-6-14(15)16/h1-9H. The maximum Gasteiger partial charge on any atom is 0.0716 e. The molecule has 2 aliphatic rings. The normalized spacial score (nSPS) is 11.4. The van der Waals surface area contributed by atoms with E-state index in [-0.39, 0.29) is 0 Å². The average Bonchev–Trinajstić information content (AvgIpc) is 3.10. The molecule has 2 aromatic rings. The molecule has 19 heavy (non-hydrogen) atoms. The number of fused-ring (bicyclic) bond motifs is 1. The number of benzene rings is 1. The van der Waals surface area contributed by atoms with E-state index in [1.807, 2.05) is 42.9 Å². The van der Waals surface area contributed by atoms with Gasteiger partial charge in [0.15, 0.2) is 0 Å². The molecule has 1 aromatic heterocycles. The summed E-state index contributed by atoms with van der Waals surface area (Å²) in [4.78, 5) is 8.62. The summed E-state index contributed by atoms with van der Waals surface area (Å²) in [5.74, 6) is 0. The molecule has 90 valence electrons. The zero-order chi connectivity index (χ0) is 12.8. The zero-order valence-electron chi connectivity index (χ0n) is 9.97. The first kappa shape index (κ1) is 10.7. The Morgan fingerprint density at radius 2 is 1.68 bits per heavy atom. The Bertz CT molecular complexity index is 796. The highest BCUT2D eigenvalue weighted by Gasteiger charge is 2.20. The Balaban J connectivity index is 1.81. The van der Waals surface area contributed by atoms with E-state index >= 15 is 0 Å². The van der Waals surface area contributed by atoms with Gasteiger partial charge in [0.25, 0.3) is 0 Å². The molecule has 0 fully saturated rings. The van der Waals surface area contributed by atoms with Crippen molar-refractivity contribution in [2.45, 2.75) is 0 Å². The van der Waals surface area contributed by atoms with Crippen LogP contribution in [0.5, 0.6) is 0 Å². The van der Waals surface area contributed by atoms with Gasteiger partial charge in [-0.1, -0.05) is 23.7 Å². The van der Waals surface area contributed by atoms with E-state index in [4.69, 9.17) is 11.6 Å². The fraction of sp³-hybridized carbons (Fsp3) is 0. The molecule has 0 N–H and O–H groups in total. The Morgan fingerprint density at radius 3 is 2.42 bits per heavy atom. The van der Waals surface area contributed by atoms with Crippen LogP contribution in [0.25, 0.3) is 33.5 Å². The monoisotopic (exact) mass is 264 g/mol. The van der Waals surface area contributed by atoms with Crippen molar-refractivity contribution in [2.75, 3.05) is 0 Å². The van der Waals surface area contributed by atoms with Gasteiger partial charge in [0.2, 0.25) is 0 Å². The summed E-state index contributed by atoms with van der Waals surface area (Å²) >= 11 is 6.03. The third kappa shape index (κ3) is 1.81. The van der Waals surface area contributed by atoms with Crippen molar-refractivity contribution in [3.05, 3.63) is 60.0 Å². The molecule has 3 heteroatoms. The summed E-state index contributed by atoms with van der Waals surface area (Å²) in [6, 6.07) is 12.0. The molecule has 0 saturated heterocycles. The lowest BCUT2D eigenvalue weighted by molar-refractivity contribution is 1.33. The molecule has 0 spiro atoms. The van der Waals surface area contributed by atoms with E-state index in [1.165, 1.54) is 5.56 Å². The van der Waals surface area contributed by atoms with Crippen molar-refractivity contribution in [2.24, 2.45) is 0 Å². The molecule has 1 aromatic carbocycles. The lowest BCUT2D eigenvalue weighted by Crippen LogP contribution is -1.83. The van der Waals surface area contributed by atoms with E-state index < -0.39 is 0 Å². The van der Waals surface area contributed by atoms with Gasteiger partial charge in [-0.15, -0.1) is 0 Å². The second-order valence-electron chi connectivity index (χ2n) is 4.59. The van der Waals surface area contributed by atoms with Crippen molar-refractivity contribution in [3.8, 4) is 33.5 Å². The summed E-state index contributed by atoms with van der Waals surface area (Å²) in [7, 11) is 0. The van der Waals surface area contributed by atoms with Crippen LogP contribution in [0, 0.1) is 0 Å². The summed E-state index contributed by atoms with van der Waals surface area (Å²) < 4.78 is 0. The Morgan fingerprint density at radius 1 is 0.789 bits per heavy atom. The summed E-state index contributed by atoms with van der Waals surface area (Å²) in [5.41, 5.74) is 6.74. The van der Waals surface area contributed by atoms with Crippen LogP contribution < -0.4 is 0 Å². The first-order valence-corrected chi connectivity index (χ1v) is 6.41. The average molecular weight is 265 g/mol. The predicted molar refractivity (Wildman–Crippen MR) is 76.9 cm³/mol. The third-order valence-electron chi connectivity index (χ3n) is 3.30. The molecular weight excluding hydrogens is 256 g/mol. The topological polar surface area (TPSA) is 25.8 Å². The number of hydrogen-bond acceptors (Lipinski definition) is 2. The highest BCUT2D eigenvalue weighted by molar-refractivity contribution is 6.30. The van der Waals surface area contributed by atoms with Crippen LogP contribution in [0.3, 0.4) is 0 Å².